The number of carbonyl (C=O) groups excluding carboxylic acids is 1. The topological polar surface area (TPSA) is 138 Å². The Morgan fingerprint density at radius 3 is 2.41 bits per heavy atom. The number of nitrogens with zero attached hydrogens (tertiary/aromatic N) is 1. The quantitative estimate of drug-likeness (QED) is 0.412. The minimum absolute atomic E-state index is 0.0140. The van der Waals surface area contributed by atoms with Gasteiger partial charge in [-0.3, -0.25) is 15.0 Å². The lowest BCUT2D eigenvalue weighted by Crippen LogP contribution is -2.65. The molecule has 1 fully saturated rings. The molecular weight excluding hydrogens is 398 g/mol. The van der Waals surface area contributed by atoms with Crippen molar-refractivity contribution in [3.05, 3.63) is 47.8 Å². The van der Waals surface area contributed by atoms with E-state index >= 15 is 0 Å². The molecule has 0 bridgehead atoms. The first-order chi connectivity index (χ1) is 13.7. The largest absolute Gasteiger partial charge is 0.457 e. The number of pyridine rings is 1. The van der Waals surface area contributed by atoms with Crippen molar-refractivity contribution in [3.8, 4) is 11.5 Å². The Labute approximate surface area is 168 Å². The van der Waals surface area contributed by atoms with Gasteiger partial charge in [0.05, 0.1) is 4.90 Å². The first kappa shape index (κ1) is 21.2. The van der Waals surface area contributed by atoms with Crippen molar-refractivity contribution in [2.75, 3.05) is 13.1 Å². The van der Waals surface area contributed by atoms with Gasteiger partial charge in [-0.1, -0.05) is 0 Å². The van der Waals surface area contributed by atoms with Crippen LogP contribution in [0.1, 0.15) is 17.8 Å². The number of hydrogen-bond donors (Lipinski definition) is 4. The minimum Gasteiger partial charge on any atom is -0.457 e. The summed E-state index contributed by atoms with van der Waals surface area (Å²) >= 11 is 0. The molecule has 4 N–H and O–H groups in total. The number of ether oxygens (including phenoxy) is 1. The first-order valence-electron chi connectivity index (χ1n) is 9.01. The van der Waals surface area contributed by atoms with Crippen molar-refractivity contribution in [3.63, 3.8) is 0 Å². The van der Waals surface area contributed by atoms with E-state index in [4.69, 9.17) is 9.94 Å². The number of sulfone groups is 1. The molecule has 1 aliphatic rings. The molecule has 29 heavy (non-hydrogen) atoms. The molecule has 1 aromatic carbocycles. The van der Waals surface area contributed by atoms with Crippen LogP contribution in [0.4, 0.5) is 0 Å². The maximum atomic E-state index is 13.1. The van der Waals surface area contributed by atoms with E-state index in [2.05, 4.69) is 10.3 Å². The molecule has 10 heteroatoms. The monoisotopic (exact) mass is 421 g/mol. The second-order valence-electron chi connectivity index (χ2n) is 7.02. The fourth-order valence-electron chi connectivity index (χ4n) is 3.45. The van der Waals surface area contributed by atoms with Crippen LogP contribution in [0.5, 0.6) is 11.5 Å². The summed E-state index contributed by atoms with van der Waals surface area (Å²) in [6.45, 7) is 3.72. The van der Waals surface area contributed by atoms with Gasteiger partial charge in [-0.15, -0.1) is 0 Å². The zero-order valence-electron chi connectivity index (χ0n) is 16.0. The molecule has 9 nitrogen and oxygen atoms in total. The van der Waals surface area contributed by atoms with E-state index < -0.39 is 26.6 Å². The summed E-state index contributed by atoms with van der Waals surface area (Å²) in [6.07, 6.45) is 0.0140. The smallest absolute Gasteiger partial charge is 0.277 e. The van der Waals surface area contributed by atoms with Gasteiger partial charge in [0, 0.05) is 30.1 Å². The van der Waals surface area contributed by atoms with Crippen LogP contribution in [-0.2, 0) is 14.6 Å². The van der Waals surface area contributed by atoms with Crippen molar-refractivity contribution < 1.29 is 28.3 Å². The summed E-state index contributed by atoms with van der Waals surface area (Å²) in [5.41, 5.74) is 0.667. The van der Waals surface area contributed by atoms with Crippen LogP contribution in [0.15, 0.2) is 41.3 Å². The van der Waals surface area contributed by atoms with Crippen molar-refractivity contribution in [2.45, 2.75) is 36.0 Å². The number of aromatic nitrogens is 1. The molecule has 3 rings (SSSR count). The van der Waals surface area contributed by atoms with Crippen molar-refractivity contribution >= 4 is 15.7 Å². The number of rotatable bonds is 5. The van der Waals surface area contributed by atoms with Gasteiger partial charge in [-0.05, 0) is 51.1 Å². The SMILES string of the molecule is Cc1cc(Oc2ccc(S(=O)(=O)C3CCNCC3(O)C(=O)NO)cc2)cc(C)n1. The number of benzene rings is 1. The molecule has 2 aromatic rings. The number of β-amino-alcohol motifs (C(OH)–C–C–N with tert-alkyl or cyclic N) is 1. The highest BCUT2D eigenvalue weighted by Crippen LogP contribution is 2.31. The van der Waals surface area contributed by atoms with Gasteiger partial charge in [0.2, 0.25) is 0 Å². The number of aliphatic hydroxyl groups is 1. The highest BCUT2D eigenvalue weighted by Gasteiger charge is 2.52. The Morgan fingerprint density at radius 1 is 1.21 bits per heavy atom. The number of carbonyl (C=O) groups is 1. The predicted octanol–water partition coefficient (Wildman–Crippen LogP) is 0.863. The molecule has 1 aromatic heterocycles. The van der Waals surface area contributed by atoms with Gasteiger partial charge < -0.3 is 15.2 Å². The number of piperidine rings is 1. The first-order valence-corrected chi connectivity index (χ1v) is 10.6. The van der Waals surface area contributed by atoms with Crippen LogP contribution in [0, 0.1) is 13.8 Å². The Hall–Kier alpha value is -2.53. The lowest BCUT2D eigenvalue weighted by atomic mass is 9.93. The summed E-state index contributed by atoms with van der Waals surface area (Å²) in [5.74, 6) is -0.151. The minimum atomic E-state index is -4.06. The molecule has 0 spiro atoms. The van der Waals surface area contributed by atoms with E-state index in [1.165, 1.54) is 29.7 Å². The average molecular weight is 421 g/mol. The van der Waals surface area contributed by atoms with E-state index in [0.717, 1.165) is 11.4 Å². The van der Waals surface area contributed by atoms with Crippen LogP contribution in [-0.4, -0.2) is 53.6 Å². The summed E-state index contributed by atoms with van der Waals surface area (Å²) in [5, 5.41) is 20.9. The maximum Gasteiger partial charge on any atom is 0.277 e. The van der Waals surface area contributed by atoms with Gasteiger partial charge in [0.1, 0.15) is 16.7 Å². The van der Waals surface area contributed by atoms with Crippen LogP contribution in [0.25, 0.3) is 0 Å². The van der Waals surface area contributed by atoms with Gasteiger partial charge >= 0.3 is 0 Å². The molecule has 0 radical (unpaired) electrons. The maximum absolute atomic E-state index is 13.1. The Bertz CT molecular complexity index is 989. The van der Waals surface area contributed by atoms with Crippen LogP contribution >= 0.6 is 0 Å². The Balaban J connectivity index is 1.86. The van der Waals surface area contributed by atoms with Crippen molar-refractivity contribution in [2.24, 2.45) is 0 Å². The summed E-state index contributed by atoms with van der Waals surface area (Å²) in [7, 11) is -4.06. The zero-order valence-corrected chi connectivity index (χ0v) is 16.9. The average Bonchev–Trinajstić information content (AvgIpc) is 2.67. The third-order valence-corrected chi connectivity index (χ3v) is 7.13. The molecule has 1 amide bonds. The summed E-state index contributed by atoms with van der Waals surface area (Å²) in [6, 6.07) is 9.27. The molecule has 1 saturated heterocycles. The third kappa shape index (κ3) is 4.25. The molecule has 2 atom stereocenters. The Morgan fingerprint density at radius 2 is 1.83 bits per heavy atom. The second-order valence-corrected chi connectivity index (χ2v) is 9.15. The lowest BCUT2D eigenvalue weighted by Gasteiger charge is -2.37. The third-order valence-electron chi connectivity index (χ3n) is 4.82. The van der Waals surface area contributed by atoms with Gasteiger partial charge in [-0.2, -0.15) is 0 Å². The van der Waals surface area contributed by atoms with Crippen LogP contribution in [0.2, 0.25) is 0 Å². The standard InChI is InChI=1S/C19H23N3O6S/c1-12-9-15(10-13(2)21-12)28-14-3-5-16(6-4-14)29(26,27)17-7-8-20-11-19(17,24)18(23)22-25/h3-6,9-10,17,20,24-25H,7-8,11H2,1-2H3,(H,22,23). The number of nitrogens with one attached hydrogen (secondary N) is 2. The van der Waals surface area contributed by atoms with E-state index in [1.54, 1.807) is 12.1 Å². The number of aryl methyl sites for hydroxylation is 2. The molecule has 2 unspecified atom stereocenters. The van der Waals surface area contributed by atoms with E-state index in [-0.39, 0.29) is 17.9 Å². The molecule has 0 aliphatic carbocycles. The second kappa shape index (κ2) is 8.07. The highest BCUT2D eigenvalue weighted by molar-refractivity contribution is 7.92. The summed E-state index contributed by atoms with van der Waals surface area (Å²) < 4.78 is 31.9. The zero-order chi connectivity index (χ0) is 21.2. The van der Waals surface area contributed by atoms with Crippen molar-refractivity contribution in [1.82, 2.24) is 15.8 Å². The fourth-order valence-corrected chi connectivity index (χ4v) is 5.43. The lowest BCUT2D eigenvalue weighted by molar-refractivity contribution is -0.149. The van der Waals surface area contributed by atoms with Crippen LogP contribution < -0.4 is 15.5 Å². The highest BCUT2D eigenvalue weighted by atomic mass is 32.2. The van der Waals surface area contributed by atoms with E-state index in [0.29, 0.717) is 18.0 Å². The van der Waals surface area contributed by atoms with Crippen LogP contribution in [0.3, 0.4) is 0 Å². The molecule has 156 valence electrons. The molecular formula is C19H23N3O6S. The number of amides is 1. The van der Waals surface area contributed by atoms with E-state index in [1.807, 2.05) is 13.8 Å². The van der Waals surface area contributed by atoms with Gasteiger partial charge in [-0.25, -0.2) is 13.9 Å². The van der Waals surface area contributed by atoms with E-state index in [9.17, 15) is 18.3 Å². The predicted molar refractivity (Wildman–Crippen MR) is 104 cm³/mol. The fraction of sp³-hybridized carbons (Fsp3) is 0.368. The van der Waals surface area contributed by atoms with Crippen molar-refractivity contribution in [1.29, 1.82) is 0 Å². The number of hydrogen-bond acceptors (Lipinski definition) is 8. The Kier molecular flexibility index (Phi) is 5.90. The normalized spacial score (nSPS) is 22.1. The molecule has 1 aliphatic heterocycles. The molecule has 0 saturated carbocycles. The summed E-state index contributed by atoms with van der Waals surface area (Å²) in [4.78, 5) is 16.2. The van der Waals surface area contributed by atoms with Gasteiger partial charge in [0.15, 0.2) is 15.4 Å². The number of hydroxylamine groups is 1. The van der Waals surface area contributed by atoms with Gasteiger partial charge in [0.25, 0.3) is 5.91 Å². The molecule has 2 heterocycles.